The van der Waals surface area contributed by atoms with Crippen LogP contribution in [0.1, 0.15) is 91.8 Å². The molecule has 1 aliphatic rings. The van der Waals surface area contributed by atoms with Gasteiger partial charge >= 0.3 is 94.6 Å². The van der Waals surface area contributed by atoms with Crippen molar-refractivity contribution in [3.63, 3.8) is 0 Å². The third kappa shape index (κ3) is 25.8. The van der Waals surface area contributed by atoms with Crippen molar-refractivity contribution in [2.24, 2.45) is 0 Å². The van der Waals surface area contributed by atoms with E-state index in [1.807, 2.05) is 4.72 Å². The van der Waals surface area contributed by atoms with E-state index in [4.69, 9.17) is 22.6 Å². The number of hydrogen-bond acceptors (Lipinski definition) is 10. The van der Waals surface area contributed by atoms with Crippen LogP contribution in [0.15, 0.2) is 53.4 Å². The smallest absolute Gasteiger partial charge is 0.759 e. The largest absolute Gasteiger partial charge is 1.00 e. The third-order valence-electron chi connectivity index (χ3n) is 5.29. The third-order valence-corrected chi connectivity index (χ3v) is 6.68. The molecule has 0 saturated carbocycles. The summed E-state index contributed by atoms with van der Waals surface area (Å²) < 4.78 is 62.7. The first-order valence-electron chi connectivity index (χ1n) is 12.8. The van der Waals surface area contributed by atoms with Crippen molar-refractivity contribution in [2.45, 2.75) is 76.0 Å². The molecule has 2 aromatic rings. The second-order valence-electron chi connectivity index (χ2n) is 8.56. The van der Waals surface area contributed by atoms with Crippen molar-refractivity contribution in [1.29, 1.82) is 0 Å². The minimum absolute atomic E-state index is 0. The molecule has 0 saturated heterocycles. The predicted octanol–water partition coefficient (Wildman–Crippen LogP) is -4.29. The zero-order valence-corrected chi connectivity index (χ0v) is 33.5. The van der Waals surface area contributed by atoms with Crippen molar-refractivity contribution < 1.29 is 134 Å². The van der Waals surface area contributed by atoms with Gasteiger partial charge in [0.2, 0.25) is 0 Å². The average molecular weight is 670 g/mol. The van der Waals surface area contributed by atoms with Gasteiger partial charge < -0.3 is 25.9 Å². The molecular formula is C27H38NNa3O10S2. The molecule has 2 aromatic carbocycles. The van der Waals surface area contributed by atoms with Gasteiger partial charge in [-0.1, -0.05) is 76.8 Å². The Morgan fingerprint density at radius 1 is 0.884 bits per heavy atom. The van der Waals surface area contributed by atoms with E-state index < -0.39 is 32.3 Å². The topological polar surface area (TPSA) is 190 Å². The number of amides is 1. The van der Waals surface area contributed by atoms with Crippen LogP contribution in [0.25, 0.3) is 0 Å². The molecule has 0 unspecified atom stereocenters. The summed E-state index contributed by atoms with van der Waals surface area (Å²) >= 11 is 0. The van der Waals surface area contributed by atoms with Gasteiger partial charge in [0, 0.05) is 10.4 Å². The van der Waals surface area contributed by atoms with Crippen molar-refractivity contribution in [3.05, 3.63) is 66.6 Å². The zero-order valence-electron chi connectivity index (χ0n) is 25.8. The normalized spacial score (nSPS) is 11.8. The number of phenols is 1. The number of hydrogen-bond donors (Lipinski definition) is 2. The number of ether oxygens (including phenoxy) is 1. The molecule has 0 fully saturated rings. The Bertz CT molecular complexity index is 1230. The summed E-state index contributed by atoms with van der Waals surface area (Å²) in [6, 6.07) is 12.0. The Morgan fingerprint density at radius 2 is 1.33 bits per heavy atom. The molecule has 16 heteroatoms. The SMILES string of the molecule is COC(=O)c1ccc(O)cc1.O=C1NS(=O)(=O)c2ccccc21.O=S(=O)([O-])[O-].[CH2-]CCCCCCCCCCC.[Na+].[Na+].[Na+]. The van der Waals surface area contributed by atoms with Crippen molar-refractivity contribution in [2.75, 3.05) is 7.11 Å². The van der Waals surface area contributed by atoms with E-state index in [1.165, 1.54) is 101 Å². The molecular weight excluding hydrogens is 631 g/mol. The van der Waals surface area contributed by atoms with Crippen LogP contribution < -0.4 is 93.4 Å². The summed E-state index contributed by atoms with van der Waals surface area (Å²) in [6.07, 6.45) is 13.9. The van der Waals surface area contributed by atoms with E-state index in [0.29, 0.717) is 5.56 Å². The molecule has 1 amide bonds. The molecule has 0 bridgehead atoms. The zero-order chi connectivity index (χ0) is 30.6. The van der Waals surface area contributed by atoms with Gasteiger partial charge in [-0.25, -0.2) is 17.9 Å². The van der Waals surface area contributed by atoms with E-state index in [2.05, 4.69) is 18.6 Å². The van der Waals surface area contributed by atoms with Crippen LogP contribution in [0, 0.1) is 6.92 Å². The summed E-state index contributed by atoms with van der Waals surface area (Å²) in [5.74, 6) is -0.812. The Kier molecular flexibility index (Phi) is 32.8. The quantitative estimate of drug-likeness (QED) is 0.0626. The summed E-state index contributed by atoms with van der Waals surface area (Å²) in [5, 5.41) is 8.86. The number of unbranched alkanes of at least 4 members (excludes halogenated alkanes) is 9. The monoisotopic (exact) mass is 669 g/mol. The second kappa shape index (κ2) is 28.2. The van der Waals surface area contributed by atoms with E-state index in [1.54, 1.807) is 12.1 Å². The first kappa shape index (κ1) is 49.9. The molecule has 2 N–H and O–H groups in total. The van der Waals surface area contributed by atoms with E-state index >= 15 is 0 Å². The minimum atomic E-state index is -5.17. The van der Waals surface area contributed by atoms with E-state index in [0.717, 1.165) is 6.42 Å². The van der Waals surface area contributed by atoms with Crippen LogP contribution in [-0.2, 0) is 25.2 Å². The maximum absolute atomic E-state index is 11.1. The van der Waals surface area contributed by atoms with Gasteiger partial charge in [0.05, 0.1) is 18.2 Å². The molecule has 1 heterocycles. The molecule has 0 aliphatic carbocycles. The standard InChI is InChI=1S/C12H25.C8H8O3.C7H5NO3S.3Na.H2O4S/c1-3-5-7-9-11-12-10-8-6-4-2;1-11-8(10)6-2-4-7(9)5-3-6;9-7-5-3-1-2-4-6(5)12(10,11)8-7;;;;1-5(2,3)4/h1,3-12H2,2H3;2-5,9H,1H3;1-4H,(H,8,9);;;;(H2,1,2,3,4)/q-1;;;3*+1;/p-2. The molecule has 11 nitrogen and oxygen atoms in total. The van der Waals surface area contributed by atoms with Gasteiger partial charge in [0.1, 0.15) is 10.6 Å². The number of carbonyl (C=O) groups excluding carboxylic acids is 2. The van der Waals surface area contributed by atoms with Crippen LogP contribution in [0.4, 0.5) is 0 Å². The number of phenolic OH excluding ortho intramolecular Hbond substituents is 1. The second-order valence-corrected chi connectivity index (χ2v) is 11.0. The summed E-state index contributed by atoms with van der Waals surface area (Å²) in [4.78, 5) is 21.9. The van der Waals surface area contributed by atoms with Crippen LogP contribution in [0.3, 0.4) is 0 Å². The first-order valence-corrected chi connectivity index (χ1v) is 15.6. The van der Waals surface area contributed by atoms with Gasteiger partial charge in [0.25, 0.3) is 15.9 Å². The van der Waals surface area contributed by atoms with Gasteiger partial charge in [-0.15, -0.1) is 0 Å². The number of fused-ring (bicyclic) bond motifs is 1. The fourth-order valence-electron chi connectivity index (χ4n) is 3.32. The van der Waals surface area contributed by atoms with Crippen molar-refractivity contribution in [3.8, 4) is 5.75 Å². The van der Waals surface area contributed by atoms with Gasteiger partial charge in [-0.05, 0) is 36.4 Å². The maximum Gasteiger partial charge on any atom is 1.00 e. The fraction of sp³-hybridized carbons (Fsp3) is 0.444. The number of carbonyl (C=O) groups is 2. The Hall–Kier alpha value is 0.000000000000000444. The number of rotatable bonds is 10. The number of benzene rings is 2. The molecule has 226 valence electrons. The molecule has 3 rings (SSSR count). The Balaban J connectivity index is -0.000000239. The molecule has 43 heavy (non-hydrogen) atoms. The minimum Gasteiger partial charge on any atom is -0.759 e. The van der Waals surface area contributed by atoms with Crippen molar-refractivity contribution >= 4 is 32.3 Å². The average Bonchev–Trinajstić information content (AvgIpc) is 3.13. The van der Waals surface area contributed by atoms with Crippen LogP contribution >= 0.6 is 0 Å². The van der Waals surface area contributed by atoms with Crippen molar-refractivity contribution in [1.82, 2.24) is 4.72 Å². The molecule has 1 aliphatic heterocycles. The number of methoxy groups -OCH3 is 1. The van der Waals surface area contributed by atoms with Gasteiger partial charge in [0.15, 0.2) is 0 Å². The summed E-state index contributed by atoms with van der Waals surface area (Å²) in [5.41, 5.74) is 0.655. The van der Waals surface area contributed by atoms with Gasteiger partial charge in [-0.2, -0.15) is 6.42 Å². The first-order chi connectivity index (χ1) is 18.8. The fourth-order valence-corrected chi connectivity index (χ4v) is 4.50. The van der Waals surface area contributed by atoms with Crippen LogP contribution in [-0.4, -0.2) is 50.0 Å². The molecule has 0 atom stereocenters. The van der Waals surface area contributed by atoms with Crippen LogP contribution in [0.2, 0.25) is 0 Å². The molecule has 0 radical (unpaired) electrons. The number of nitrogens with one attached hydrogen (secondary N) is 1. The maximum atomic E-state index is 11.1. The Morgan fingerprint density at radius 3 is 1.74 bits per heavy atom. The van der Waals surface area contributed by atoms with E-state index in [-0.39, 0.29) is 105 Å². The molecule has 0 aromatic heterocycles. The summed E-state index contributed by atoms with van der Waals surface area (Å²) in [6.45, 7) is 6.12. The number of sulfonamides is 1. The summed E-state index contributed by atoms with van der Waals surface area (Å²) in [7, 11) is -7.41. The predicted molar refractivity (Wildman–Crippen MR) is 148 cm³/mol. The van der Waals surface area contributed by atoms with Gasteiger partial charge in [-0.3, -0.25) is 13.2 Å². The Labute approximate surface area is 322 Å². The molecule has 0 spiro atoms. The van der Waals surface area contributed by atoms with E-state index in [9.17, 15) is 18.0 Å². The number of esters is 1. The van der Waals surface area contributed by atoms with Crippen LogP contribution in [0.5, 0.6) is 5.75 Å². The number of aromatic hydroxyl groups is 1.